The van der Waals surface area contributed by atoms with Gasteiger partial charge in [0.15, 0.2) is 0 Å². The van der Waals surface area contributed by atoms with Gasteiger partial charge in [0, 0.05) is 24.1 Å². The van der Waals surface area contributed by atoms with E-state index in [-0.39, 0.29) is 11.8 Å². The molecule has 30 heavy (non-hydrogen) atoms. The molecule has 1 fully saturated rings. The van der Waals surface area contributed by atoms with Crippen LogP contribution >= 0.6 is 0 Å². The third-order valence-corrected chi connectivity index (χ3v) is 5.53. The summed E-state index contributed by atoms with van der Waals surface area (Å²) in [5.41, 5.74) is 0.994. The highest BCUT2D eigenvalue weighted by Gasteiger charge is 2.41. The van der Waals surface area contributed by atoms with Crippen molar-refractivity contribution in [1.82, 2.24) is 4.90 Å². The number of benzene rings is 2. The number of piperidine rings is 1. The number of phenolic OH excluding ortho intramolecular Hbond substituents is 1. The maximum atomic E-state index is 12.5. The Bertz CT molecular complexity index is 909. The van der Waals surface area contributed by atoms with Crippen LogP contribution in [0, 0.1) is 0 Å². The predicted octanol–water partition coefficient (Wildman–Crippen LogP) is 4.50. The van der Waals surface area contributed by atoms with Gasteiger partial charge in [-0.15, -0.1) is 0 Å². The summed E-state index contributed by atoms with van der Waals surface area (Å²) in [6, 6.07) is 14.7. The van der Waals surface area contributed by atoms with Gasteiger partial charge >= 0.3 is 12.1 Å². The number of phenols is 1. The fourth-order valence-corrected chi connectivity index (χ4v) is 4.03. The highest BCUT2D eigenvalue weighted by Crippen LogP contribution is 2.45. The van der Waals surface area contributed by atoms with E-state index in [4.69, 9.17) is 9.47 Å². The van der Waals surface area contributed by atoms with E-state index < -0.39 is 17.0 Å². The van der Waals surface area contributed by atoms with Gasteiger partial charge in [-0.3, -0.25) is 0 Å². The second-order valence-corrected chi connectivity index (χ2v) is 8.64. The van der Waals surface area contributed by atoms with Crippen LogP contribution in [0.25, 0.3) is 0 Å². The molecule has 1 aliphatic rings. The number of esters is 1. The van der Waals surface area contributed by atoms with Gasteiger partial charge in [-0.25, -0.2) is 9.59 Å². The van der Waals surface area contributed by atoms with Crippen LogP contribution in [-0.2, 0) is 14.9 Å². The Morgan fingerprint density at radius 3 is 2.23 bits per heavy atom. The molecule has 1 heterocycles. The van der Waals surface area contributed by atoms with Crippen molar-refractivity contribution in [2.75, 3.05) is 20.2 Å². The molecule has 6 heteroatoms. The zero-order valence-electron chi connectivity index (χ0n) is 18.0. The molecule has 0 aliphatic carbocycles. The molecular formula is C24H29NO5. The molecule has 0 atom stereocenters. The van der Waals surface area contributed by atoms with Crippen molar-refractivity contribution in [2.24, 2.45) is 0 Å². The average Bonchev–Trinajstić information content (AvgIpc) is 2.73. The number of hydrogen-bond acceptors (Lipinski definition) is 5. The Hall–Kier alpha value is -3.02. The topological polar surface area (TPSA) is 76.1 Å². The van der Waals surface area contributed by atoms with E-state index in [2.05, 4.69) is 0 Å². The minimum atomic E-state index is -0.557. The third-order valence-electron chi connectivity index (χ3n) is 5.53. The molecule has 0 unspecified atom stereocenters. The van der Waals surface area contributed by atoms with Gasteiger partial charge in [-0.2, -0.15) is 0 Å². The molecule has 3 rings (SSSR count). The van der Waals surface area contributed by atoms with Gasteiger partial charge in [0.2, 0.25) is 0 Å². The van der Waals surface area contributed by atoms with Crippen LogP contribution in [0.5, 0.6) is 5.75 Å². The Morgan fingerprint density at radius 1 is 1.03 bits per heavy atom. The number of nitrogens with zero attached hydrogens (tertiary/aromatic N) is 1. The first kappa shape index (κ1) is 21.7. The molecule has 0 bridgehead atoms. The fourth-order valence-electron chi connectivity index (χ4n) is 4.03. The SMILES string of the molecule is COC(=O)c1ccc(O)c(C2(c3ccccc3)CCN(C(=O)OC(C)(C)C)CC2)c1. The quantitative estimate of drug-likeness (QED) is 0.753. The molecule has 6 nitrogen and oxygen atoms in total. The van der Waals surface area contributed by atoms with Crippen molar-refractivity contribution in [3.05, 3.63) is 65.2 Å². The number of ether oxygens (including phenoxy) is 2. The number of carbonyl (C=O) groups excluding carboxylic acids is 2. The van der Waals surface area contributed by atoms with E-state index in [9.17, 15) is 14.7 Å². The zero-order chi connectivity index (χ0) is 21.9. The summed E-state index contributed by atoms with van der Waals surface area (Å²) in [4.78, 5) is 26.3. The standard InChI is InChI=1S/C24H29NO5/c1-23(2,3)30-22(28)25-14-12-24(13-15-25,18-8-6-5-7-9-18)19-16-17(21(27)29-4)10-11-20(19)26/h5-11,16,26H,12-15H2,1-4H3. The van der Waals surface area contributed by atoms with Crippen molar-refractivity contribution in [2.45, 2.75) is 44.6 Å². The minimum Gasteiger partial charge on any atom is -0.508 e. The number of rotatable bonds is 3. The lowest BCUT2D eigenvalue weighted by molar-refractivity contribution is 0.0179. The molecule has 160 valence electrons. The lowest BCUT2D eigenvalue weighted by Crippen LogP contribution is -2.47. The maximum Gasteiger partial charge on any atom is 0.410 e. The summed E-state index contributed by atoms with van der Waals surface area (Å²) >= 11 is 0. The maximum absolute atomic E-state index is 12.5. The summed E-state index contributed by atoms with van der Waals surface area (Å²) in [7, 11) is 1.33. The molecule has 0 aromatic heterocycles. The summed E-state index contributed by atoms with van der Waals surface area (Å²) in [6.45, 7) is 6.50. The zero-order valence-corrected chi connectivity index (χ0v) is 18.0. The Balaban J connectivity index is 1.99. The van der Waals surface area contributed by atoms with E-state index in [1.807, 2.05) is 51.1 Å². The number of aromatic hydroxyl groups is 1. The second-order valence-electron chi connectivity index (χ2n) is 8.64. The third kappa shape index (κ3) is 4.42. The molecule has 0 radical (unpaired) electrons. The van der Waals surface area contributed by atoms with Gasteiger partial charge < -0.3 is 19.5 Å². The van der Waals surface area contributed by atoms with Crippen LogP contribution in [0.15, 0.2) is 48.5 Å². The average molecular weight is 411 g/mol. The number of hydrogen-bond donors (Lipinski definition) is 1. The summed E-state index contributed by atoms with van der Waals surface area (Å²) in [5.74, 6) is -0.331. The molecule has 0 saturated carbocycles. The Kier molecular flexibility index (Phi) is 6.06. The lowest BCUT2D eigenvalue weighted by atomic mass is 9.67. The highest BCUT2D eigenvalue weighted by molar-refractivity contribution is 5.90. The Labute approximate surface area is 177 Å². The first-order valence-electron chi connectivity index (χ1n) is 10.1. The van der Waals surface area contributed by atoms with Crippen LogP contribution < -0.4 is 0 Å². The molecule has 0 spiro atoms. The highest BCUT2D eigenvalue weighted by atomic mass is 16.6. The molecule has 2 aromatic rings. The normalized spacial score (nSPS) is 16.1. The smallest absolute Gasteiger partial charge is 0.410 e. The van der Waals surface area contributed by atoms with Gasteiger partial charge in [0.1, 0.15) is 11.4 Å². The van der Waals surface area contributed by atoms with Crippen LogP contribution in [0.3, 0.4) is 0 Å². The fraction of sp³-hybridized carbons (Fsp3) is 0.417. The van der Waals surface area contributed by atoms with Crippen molar-refractivity contribution in [3.63, 3.8) is 0 Å². The van der Waals surface area contributed by atoms with Gasteiger partial charge in [-0.05, 0) is 57.4 Å². The first-order chi connectivity index (χ1) is 14.2. The van der Waals surface area contributed by atoms with E-state index >= 15 is 0 Å². The van der Waals surface area contributed by atoms with E-state index in [0.717, 1.165) is 5.56 Å². The lowest BCUT2D eigenvalue weighted by Gasteiger charge is -2.43. The molecule has 1 N–H and O–H groups in total. The molecule has 1 amide bonds. The van der Waals surface area contributed by atoms with Crippen LogP contribution in [0.1, 0.15) is 55.1 Å². The molecular weight excluding hydrogens is 382 g/mol. The van der Waals surface area contributed by atoms with Crippen LogP contribution in [0.4, 0.5) is 4.79 Å². The molecule has 2 aromatic carbocycles. The second kappa shape index (κ2) is 8.38. The number of amides is 1. The summed E-state index contributed by atoms with van der Waals surface area (Å²) < 4.78 is 10.4. The van der Waals surface area contributed by atoms with Crippen molar-refractivity contribution in [1.29, 1.82) is 0 Å². The van der Waals surface area contributed by atoms with E-state index in [0.29, 0.717) is 37.1 Å². The van der Waals surface area contributed by atoms with Gasteiger partial charge in [-0.1, -0.05) is 30.3 Å². The van der Waals surface area contributed by atoms with Crippen molar-refractivity contribution >= 4 is 12.1 Å². The van der Waals surface area contributed by atoms with Crippen molar-refractivity contribution < 1.29 is 24.2 Å². The molecule has 1 saturated heterocycles. The van der Waals surface area contributed by atoms with Crippen LogP contribution in [-0.4, -0.2) is 47.9 Å². The van der Waals surface area contributed by atoms with E-state index in [1.54, 1.807) is 17.0 Å². The minimum absolute atomic E-state index is 0.122. The predicted molar refractivity (Wildman–Crippen MR) is 114 cm³/mol. The van der Waals surface area contributed by atoms with Crippen LogP contribution in [0.2, 0.25) is 0 Å². The van der Waals surface area contributed by atoms with Gasteiger partial charge in [0.05, 0.1) is 12.7 Å². The number of carbonyl (C=O) groups is 2. The monoisotopic (exact) mass is 411 g/mol. The number of methoxy groups -OCH3 is 1. The number of likely N-dealkylation sites (tertiary alicyclic amines) is 1. The first-order valence-corrected chi connectivity index (χ1v) is 10.1. The largest absolute Gasteiger partial charge is 0.508 e. The van der Waals surface area contributed by atoms with E-state index in [1.165, 1.54) is 13.2 Å². The summed E-state index contributed by atoms with van der Waals surface area (Å²) in [6.07, 6.45) is 0.847. The molecule has 1 aliphatic heterocycles. The summed E-state index contributed by atoms with van der Waals surface area (Å²) in [5, 5.41) is 10.7. The van der Waals surface area contributed by atoms with Crippen molar-refractivity contribution in [3.8, 4) is 5.75 Å². The Morgan fingerprint density at radius 2 is 1.67 bits per heavy atom. The van der Waals surface area contributed by atoms with Gasteiger partial charge in [0.25, 0.3) is 0 Å².